The van der Waals surface area contributed by atoms with Gasteiger partial charge >= 0.3 is 0 Å². The number of anilines is 1. The van der Waals surface area contributed by atoms with Gasteiger partial charge in [-0.15, -0.1) is 0 Å². The number of carbonyl (C=O) groups excluding carboxylic acids is 2. The maximum absolute atomic E-state index is 12.2. The topological polar surface area (TPSA) is 93.4 Å². The molecule has 7 heteroatoms. The van der Waals surface area contributed by atoms with Gasteiger partial charge in [-0.3, -0.25) is 14.9 Å². The van der Waals surface area contributed by atoms with Gasteiger partial charge in [0.05, 0.1) is 6.10 Å². The van der Waals surface area contributed by atoms with Crippen molar-refractivity contribution >= 4 is 34.8 Å². The van der Waals surface area contributed by atoms with E-state index in [1.165, 1.54) is 0 Å². The molecule has 4 N–H and O–H groups in total. The van der Waals surface area contributed by atoms with Gasteiger partial charge in [-0.2, -0.15) is 0 Å². The fourth-order valence-corrected chi connectivity index (χ4v) is 2.27. The van der Waals surface area contributed by atoms with Gasteiger partial charge in [0.25, 0.3) is 5.91 Å². The first kappa shape index (κ1) is 19.4. The van der Waals surface area contributed by atoms with Gasteiger partial charge in [-0.1, -0.05) is 6.92 Å². The van der Waals surface area contributed by atoms with Gasteiger partial charge in [-0.25, -0.2) is 0 Å². The van der Waals surface area contributed by atoms with Gasteiger partial charge in [0.1, 0.15) is 5.75 Å². The molecule has 26 heavy (non-hydrogen) atoms. The Hall–Kier alpha value is -2.93. The largest absolute Gasteiger partial charge is 0.491 e. The monoisotopic (exact) mass is 371 g/mol. The lowest BCUT2D eigenvalue weighted by Gasteiger charge is -2.13. The zero-order valence-corrected chi connectivity index (χ0v) is 15.4. The number of nitrogens with one attached hydrogen (secondary N) is 2. The van der Waals surface area contributed by atoms with Crippen LogP contribution in [0, 0.1) is 0 Å². The zero-order valence-electron chi connectivity index (χ0n) is 14.6. The maximum Gasteiger partial charge on any atom is 0.257 e. The number of nitrogens with two attached hydrogens (primary N) is 1. The van der Waals surface area contributed by atoms with E-state index < -0.39 is 5.91 Å². The molecule has 136 valence electrons. The second kappa shape index (κ2) is 8.96. The first-order chi connectivity index (χ1) is 12.4. The molecule has 6 nitrogen and oxygen atoms in total. The Labute approximate surface area is 157 Å². The molecule has 0 aromatic heterocycles. The summed E-state index contributed by atoms with van der Waals surface area (Å²) in [5.41, 5.74) is 6.69. The maximum atomic E-state index is 12.2. The molecule has 0 fully saturated rings. The highest BCUT2D eigenvalue weighted by molar-refractivity contribution is 7.80. The molecule has 0 spiro atoms. The average molecular weight is 371 g/mol. The summed E-state index contributed by atoms with van der Waals surface area (Å²) in [6, 6.07) is 13.3. The Balaban J connectivity index is 1.92. The number of hydrogen-bond acceptors (Lipinski definition) is 4. The lowest BCUT2D eigenvalue weighted by molar-refractivity contribution is 0.0975. The van der Waals surface area contributed by atoms with Crippen LogP contribution >= 0.6 is 12.2 Å². The first-order valence-electron chi connectivity index (χ1n) is 8.18. The lowest BCUT2D eigenvalue weighted by Crippen LogP contribution is -2.34. The van der Waals surface area contributed by atoms with Crippen molar-refractivity contribution in [1.29, 1.82) is 0 Å². The second-order valence-electron chi connectivity index (χ2n) is 5.71. The summed E-state index contributed by atoms with van der Waals surface area (Å²) in [5, 5.41) is 5.63. The molecule has 1 unspecified atom stereocenters. The van der Waals surface area contributed by atoms with Gasteiger partial charge in [0, 0.05) is 16.8 Å². The van der Waals surface area contributed by atoms with Crippen LogP contribution in [-0.2, 0) is 0 Å². The molecule has 1 atom stereocenters. The van der Waals surface area contributed by atoms with Gasteiger partial charge in [-0.05, 0) is 74.1 Å². The van der Waals surface area contributed by atoms with Gasteiger partial charge < -0.3 is 15.8 Å². The molecule has 0 saturated heterocycles. The van der Waals surface area contributed by atoms with Crippen LogP contribution in [0.3, 0.4) is 0 Å². The molecule has 2 amide bonds. The Bertz CT molecular complexity index is 789. The molecule has 2 rings (SSSR count). The van der Waals surface area contributed by atoms with Crippen LogP contribution in [0.15, 0.2) is 48.5 Å². The number of rotatable bonds is 6. The molecule has 0 radical (unpaired) electrons. The van der Waals surface area contributed by atoms with E-state index in [9.17, 15) is 9.59 Å². The average Bonchev–Trinajstić information content (AvgIpc) is 2.62. The van der Waals surface area contributed by atoms with E-state index in [2.05, 4.69) is 10.6 Å². The summed E-state index contributed by atoms with van der Waals surface area (Å²) in [4.78, 5) is 23.3. The number of hydrogen-bond donors (Lipinski definition) is 3. The third kappa shape index (κ3) is 5.56. The van der Waals surface area contributed by atoms with Gasteiger partial charge in [0.2, 0.25) is 5.91 Å². The van der Waals surface area contributed by atoms with Crippen LogP contribution in [0.4, 0.5) is 5.69 Å². The molecule has 0 aliphatic carbocycles. The van der Waals surface area contributed by atoms with E-state index in [1.807, 2.05) is 13.8 Å². The van der Waals surface area contributed by atoms with Gasteiger partial charge in [0.15, 0.2) is 5.11 Å². The van der Waals surface area contributed by atoms with Crippen molar-refractivity contribution in [1.82, 2.24) is 5.32 Å². The van der Waals surface area contributed by atoms with Crippen molar-refractivity contribution in [3.8, 4) is 5.75 Å². The third-order valence-corrected chi connectivity index (χ3v) is 3.89. The summed E-state index contributed by atoms with van der Waals surface area (Å²) >= 11 is 5.14. The fraction of sp³-hybridized carbons (Fsp3) is 0.211. The molecule has 2 aromatic rings. The number of amides is 2. The molecule has 0 heterocycles. The predicted molar refractivity (Wildman–Crippen MR) is 105 cm³/mol. The molecule has 0 aliphatic rings. The summed E-state index contributed by atoms with van der Waals surface area (Å²) in [5.74, 6) is -0.120. The predicted octanol–water partition coefficient (Wildman–Crippen LogP) is 3.09. The number of primary amides is 1. The Kier molecular flexibility index (Phi) is 6.68. The Morgan fingerprint density at radius 2 is 1.65 bits per heavy atom. The smallest absolute Gasteiger partial charge is 0.257 e. The van der Waals surface area contributed by atoms with Crippen molar-refractivity contribution in [3.63, 3.8) is 0 Å². The van der Waals surface area contributed by atoms with Crippen LogP contribution in [0.25, 0.3) is 0 Å². The normalized spacial score (nSPS) is 11.3. The van der Waals surface area contributed by atoms with E-state index in [0.29, 0.717) is 22.6 Å². The van der Waals surface area contributed by atoms with Crippen molar-refractivity contribution in [2.24, 2.45) is 5.73 Å². The summed E-state index contributed by atoms with van der Waals surface area (Å²) in [6.45, 7) is 4.03. The minimum atomic E-state index is -0.506. The Morgan fingerprint density at radius 1 is 1.08 bits per heavy atom. The number of benzene rings is 2. The minimum Gasteiger partial charge on any atom is -0.491 e. The van der Waals surface area contributed by atoms with Crippen LogP contribution in [0.5, 0.6) is 5.75 Å². The lowest BCUT2D eigenvalue weighted by atomic mass is 10.2. The van der Waals surface area contributed by atoms with Crippen molar-refractivity contribution in [2.75, 3.05) is 5.32 Å². The van der Waals surface area contributed by atoms with E-state index in [0.717, 1.165) is 6.42 Å². The van der Waals surface area contributed by atoms with Crippen LogP contribution in [0.2, 0.25) is 0 Å². The zero-order chi connectivity index (χ0) is 19.1. The fourth-order valence-electron chi connectivity index (χ4n) is 2.06. The van der Waals surface area contributed by atoms with Crippen LogP contribution < -0.4 is 21.1 Å². The van der Waals surface area contributed by atoms with E-state index in [4.69, 9.17) is 22.7 Å². The van der Waals surface area contributed by atoms with Crippen molar-refractivity contribution in [3.05, 3.63) is 59.7 Å². The highest BCUT2D eigenvalue weighted by Crippen LogP contribution is 2.15. The quantitative estimate of drug-likeness (QED) is 0.679. The standard InChI is InChI=1S/C19H21N3O3S/c1-3-12(2)25-16-10-6-14(7-11-16)18(24)22-19(26)21-15-8-4-13(5-9-15)17(20)23/h4-12H,3H2,1-2H3,(H2,20,23)(H2,21,22,24,26). The summed E-state index contributed by atoms with van der Waals surface area (Å²) < 4.78 is 5.68. The molecule has 2 aromatic carbocycles. The number of carbonyl (C=O) groups is 2. The molecular formula is C19H21N3O3S. The number of ether oxygens (including phenoxy) is 1. The Morgan fingerprint density at radius 3 is 2.19 bits per heavy atom. The highest BCUT2D eigenvalue weighted by Gasteiger charge is 2.09. The molecular weight excluding hydrogens is 350 g/mol. The van der Waals surface area contributed by atoms with E-state index in [1.54, 1.807) is 48.5 Å². The second-order valence-corrected chi connectivity index (χ2v) is 6.12. The van der Waals surface area contributed by atoms with Crippen LogP contribution in [0.1, 0.15) is 41.0 Å². The first-order valence-corrected chi connectivity index (χ1v) is 8.58. The summed E-state index contributed by atoms with van der Waals surface area (Å²) in [7, 11) is 0. The third-order valence-electron chi connectivity index (χ3n) is 3.68. The summed E-state index contributed by atoms with van der Waals surface area (Å²) in [6.07, 6.45) is 1.02. The molecule has 0 saturated carbocycles. The van der Waals surface area contributed by atoms with Crippen LogP contribution in [-0.4, -0.2) is 23.0 Å². The van der Waals surface area contributed by atoms with E-state index in [-0.39, 0.29) is 17.1 Å². The molecule has 0 aliphatic heterocycles. The minimum absolute atomic E-state index is 0.118. The van der Waals surface area contributed by atoms with E-state index >= 15 is 0 Å². The molecule has 0 bridgehead atoms. The van der Waals surface area contributed by atoms with Crippen molar-refractivity contribution < 1.29 is 14.3 Å². The number of thiocarbonyl (C=S) groups is 1. The van der Waals surface area contributed by atoms with Crippen molar-refractivity contribution in [2.45, 2.75) is 26.4 Å². The SMILES string of the molecule is CCC(C)Oc1ccc(C(=O)NC(=S)Nc2ccc(C(N)=O)cc2)cc1. The highest BCUT2D eigenvalue weighted by atomic mass is 32.1.